The van der Waals surface area contributed by atoms with E-state index in [1.165, 1.54) is 0 Å². The van der Waals surface area contributed by atoms with E-state index in [4.69, 9.17) is 14.2 Å². The molecule has 0 unspecified atom stereocenters. The largest absolute Gasteiger partial charge is 0.390 e. The number of carbonyl (C=O) groups is 1. The minimum absolute atomic E-state index is 0.177. The quantitative estimate of drug-likeness (QED) is 0.662. The molecule has 2 aliphatic heterocycles. The van der Waals surface area contributed by atoms with Crippen LogP contribution in [0, 0.1) is 0 Å². The molecule has 3 fully saturated rings. The molecule has 108 valence electrons. The topological polar surface area (TPSA) is 77.0 Å². The van der Waals surface area contributed by atoms with E-state index in [1.807, 2.05) is 13.8 Å². The number of amides is 1. The summed E-state index contributed by atoms with van der Waals surface area (Å²) in [6.07, 6.45) is -0.824. The van der Waals surface area contributed by atoms with Crippen molar-refractivity contribution in [1.29, 1.82) is 0 Å². The van der Waals surface area contributed by atoms with Crippen molar-refractivity contribution in [2.75, 3.05) is 0 Å². The van der Waals surface area contributed by atoms with Crippen LogP contribution in [0.25, 0.3) is 0 Å². The van der Waals surface area contributed by atoms with Crippen LogP contribution in [0.3, 0.4) is 0 Å². The maximum Gasteiger partial charge on any atom is 0.254 e. The molecule has 1 aliphatic carbocycles. The highest BCUT2D eigenvalue weighted by atomic mass is 16.8. The third kappa shape index (κ3) is 2.07. The molecular formula is C13H21NO5. The van der Waals surface area contributed by atoms with Gasteiger partial charge in [-0.15, -0.1) is 0 Å². The van der Waals surface area contributed by atoms with Crippen molar-refractivity contribution < 1.29 is 24.1 Å². The zero-order chi connectivity index (χ0) is 14.1. The summed E-state index contributed by atoms with van der Waals surface area (Å²) in [7, 11) is 0. The molecule has 2 heterocycles. The van der Waals surface area contributed by atoms with Crippen LogP contribution in [0.5, 0.6) is 0 Å². The van der Waals surface area contributed by atoms with Gasteiger partial charge >= 0.3 is 0 Å². The summed E-state index contributed by atoms with van der Waals surface area (Å²) in [5.74, 6) is -0.907. The Morgan fingerprint density at radius 1 is 1.21 bits per heavy atom. The minimum atomic E-state index is -1.01. The molecule has 0 radical (unpaired) electrons. The molecule has 6 nitrogen and oxygen atoms in total. The highest BCUT2D eigenvalue weighted by Crippen LogP contribution is 2.45. The zero-order valence-electron chi connectivity index (χ0n) is 11.7. The summed E-state index contributed by atoms with van der Waals surface area (Å²) in [5.41, 5.74) is -1.72. The molecule has 2 N–H and O–H groups in total. The highest BCUT2D eigenvalue weighted by Gasteiger charge is 2.61. The molecule has 0 aromatic rings. The Labute approximate surface area is 112 Å². The maximum absolute atomic E-state index is 12.2. The number of ether oxygens (including phenoxy) is 3. The van der Waals surface area contributed by atoms with Crippen LogP contribution >= 0.6 is 0 Å². The van der Waals surface area contributed by atoms with Crippen LogP contribution in [0.15, 0.2) is 0 Å². The van der Waals surface area contributed by atoms with Crippen LogP contribution < -0.4 is 5.32 Å². The van der Waals surface area contributed by atoms with Gasteiger partial charge in [0.25, 0.3) is 5.91 Å². The molecule has 4 atom stereocenters. The fraction of sp³-hybridized carbons (Fsp3) is 0.923. The lowest BCUT2D eigenvalue weighted by atomic mass is 9.79. The second kappa shape index (κ2) is 3.69. The first kappa shape index (κ1) is 13.3. The van der Waals surface area contributed by atoms with E-state index in [-0.39, 0.29) is 24.5 Å². The Morgan fingerprint density at radius 2 is 1.89 bits per heavy atom. The smallest absolute Gasteiger partial charge is 0.254 e. The van der Waals surface area contributed by atoms with Gasteiger partial charge in [0.2, 0.25) is 0 Å². The lowest BCUT2D eigenvalue weighted by Crippen LogP contribution is -2.55. The predicted molar refractivity (Wildman–Crippen MR) is 65.1 cm³/mol. The van der Waals surface area contributed by atoms with Crippen LogP contribution in [0.2, 0.25) is 0 Å². The van der Waals surface area contributed by atoms with E-state index >= 15 is 0 Å². The molecule has 3 aliphatic rings. The molecule has 1 amide bonds. The molecule has 1 spiro atoms. The van der Waals surface area contributed by atoms with Crippen molar-refractivity contribution >= 4 is 5.91 Å². The van der Waals surface area contributed by atoms with E-state index in [0.717, 1.165) is 0 Å². The molecule has 0 bridgehead atoms. The second-order valence-electron chi connectivity index (χ2n) is 6.67. The SMILES string of the molecule is CC1(C)NC(=O)[C@]2(C[C@@H](O)[C@@H]3OC(C)(C)O[C@@H]3C2)O1. The van der Waals surface area contributed by atoms with Crippen molar-refractivity contribution in [2.45, 2.75) is 76.0 Å². The fourth-order valence-electron chi connectivity index (χ4n) is 3.43. The number of aliphatic hydroxyl groups is 1. The molecule has 2 saturated heterocycles. The third-order valence-electron chi connectivity index (χ3n) is 3.95. The van der Waals surface area contributed by atoms with Gasteiger partial charge in [-0.25, -0.2) is 0 Å². The number of fused-ring (bicyclic) bond motifs is 1. The number of hydrogen-bond donors (Lipinski definition) is 2. The monoisotopic (exact) mass is 271 g/mol. The van der Waals surface area contributed by atoms with Gasteiger partial charge in [-0.1, -0.05) is 0 Å². The van der Waals surface area contributed by atoms with Crippen molar-refractivity contribution in [3.63, 3.8) is 0 Å². The predicted octanol–water partition coefficient (Wildman–Crippen LogP) is 0.282. The first-order valence-electron chi connectivity index (χ1n) is 6.69. The van der Waals surface area contributed by atoms with E-state index < -0.39 is 23.2 Å². The normalized spacial score (nSPS) is 47.2. The van der Waals surface area contributed by atoms with E-state index in [2.05, 4.69) is 5.32 Å². The number of rotatable bonds is 0. The van der Waals surface area contributed by atoms with Gasteiger partial charge in [0.15, 0.2) is 11.4 Å². The molecule has 0 aromatic carbocycles. The molecule has 3 rings (SSSR count). The van der Waals surface area contributed by atoms with Gasteiger partial charge in [0.1, 0.15) is 11.8 Å². The second-order valence-corrected chi connectivity index (χ2v) is 6.67. The molecule has 1 saturated carbocycles. The zero-order valence-corrected chi connectivity index (χ0v) is 11.7. The van der Waals surface area contributed by atoms with Crippen LogP contribution in [-0.2, 0) is 19.0 Å². The van der Waals surface area contributed by atoms with E-state index in [0.29, 0.717) is 6.42 Å². The van der Waals surface area contributed by atoms with Gasteiger partial charge in [-0.3, -0.25) is 4.79 Å². The summed E-state index contributed by atoms with van der Waals surface area (Å²) in [6, 6.07) is 0. The highest BCUT2D eigenvalue weighted by molar-refractivity contribution is 5.88. The van der Waals surface area contributed by atoms with Gasteiger partial charge in [-0.2, -0.15) is 0 Å². The third-order valence-corrected chi connectivity index (χ3v) is 3.95. The number of nitrogens with one attached hydrogen (secondary N) is 1. The first-order valence-corrected chi connectivity index (χ1v) is 6.69. The van der Waals surface area contributed by atoms with Crippen molar-refractivity contribution in [2.24, 2.45) is 0 Å². The Kier molecular flexibility index (Phi) is 2.59. The molecule has 6 heteroatoms. The van der Waals surface area contributed by atoms with Gasteiger partial charge < -0.3 is 24.6 Å². The van der Waals surface area contributed by atoms with Gasteiger partial charge in [0, 0.05) is 12.8 Å². The van der Waals surface area contributed by atoms with Crippen molar-refractivity contribution in [3.05, 3.63) is 0 Å². The Hall–Kier alpha value is -0.690. The van der Waals surface area contributed by atoms with Crippen molar-refractivity contribution in [1.82, 2.24) is 5.32 Å². The number of aliphatic hydroxyl groups excluding tert-OH is 1. The Bertz CT molecular complexity index is 421. The average Bonchev–Trinajstić information content (AvgIpc) is 2.61. The fourth-order valence-corrected chi connectivity index (χ4v) is 3.43. The standard InChI is InChI=1S/C13H21NO5/c1-11(2)14-10(16)13(19-11)5-7(15)9-8(6-13)17-12(3,4)18-9/h7-9,15H,5-6H2,1-4H3,(H,14,16)/t7-,8-,9+,13-/m1/s1. The lowest BCUT2D eigenvalue weighted by molar-refractivity contribution is -0.169. The summed E-state index contributed by atoms with van der Waals surface area (Å²) in [4.78, 5) is 12.2. The maximum atomic E-state index is 12.2. The van der Waals surface area contributed by atoms with Crippen molar-refractivity contribution in [3.8, 4) is 0 Å². The number of hydrogen-bond acceptors (Lipinski definition) is 5. The van der Waals surface area contributed by atoms with E-state index in [1.54, 1.807) is 13.8 Å². The first-order chi connectivity index (χ1) is 8.63. The summed E-state index contributed by atoms with van der Waals surface area (Å²) < 4.78 is 17.4. The summed E-state index contributed by atoms with van der Waals surface area (Å²) in [6.45, 7) is 7.22. The molecule has 0 aromatic heterocycles. The Morgan fingerprint density at radius 3 is 2.47 bits per heavy atom. The molecular weight excluding hydrogens is 250 g/mol. The number of carbonyl (C=O) groups excluding carboxylic acids is 1. The average molecular weight is 271 g/mol. The van der Waals surface area contributed by atoms with Gasteiger partial charge in [0.05, 0.1) is 12.2 Å². The molecule has 19 heavy (non-hydrogen) atoms. The van der Waals surface area contributed by atoms with Crippen LogP contribution in [-0.4, -0.2) is 46.4 Å². The van der Waals surface area contributed by atoms with Crippen LogP contribution in [0.4, 0.5) is 0 Å². The van der Waals surface area contributed by atoms with E-state index in [9.17, 15) is 9.90 Å². The van der Waals surface area contributed by atoms with Crippen LogP contribution in [0.1, 0.15) is 40.5 Å². The Balaban J connectivity index is 1.87. The lowest BCUT2D eigenvalue weighted by Gasteiger charge is -2.39. The summed E-state index contributed by atoms with van der Waals surface area (Å²) in [5, 5.41) is 13.1. The summed E-state index contributed by atoms with van der Waals surface area (Å²) >= 11 is 0. The van der Waals surface area contributed by atoms with Gasteiger partial charge in [-0.05, 0) is 27.7 Å². The minimum Gasteiger partial charge on any atom is -0.390 e.